The van der Waals surface area contributed by atoms with E-state index in [1.54, 1.807) is 0 Å². The maximum Gasteiger partial charge on any atom is 0.239 e. The molecule has 1 amide bonds. The van der Waals surface area contributed by atoms with E-state index in [1.165, 1.54) is 6.26 Å². The van der Waals surface area contributed by atoms with Crippen LogP contribution in [0.2, 0.25) is 0 Å². The van der Waals surface area contributed by atoms with Crippen molar-refractivity contribution in [2.45, 2.75) is 52.5 Å². The summed E-state index contributed by atoms with van der Waals surface area (Å²) < 4.78 is 22.3. The molecule has 5 nitrogen and oxygen atoms in total. The normalized spacial score (nSPS) is 22.7. The third-order valence-electron chi connectivity index (χ3n) is 4.38. The fraction of sp³-hybridized carbons (Fsp3) is 0.933. The molecule has 1 fully saturated rings. The molecule has 0 aromatic heterocycles. The van der Waals surface area contributed by atoms with Crippen LogP contribution < -0.4 is 5.73 Å². The van der Waals surface area contributed by atoms with Gasteiger partial charge in [0.1, 0.15) is 9.84 Å². The van der Waals surface area contributed by atoms with Crippen LogP contribution >= 0.6 is 0 Å². The predicted molar refractivity (Wildman–Crippen MR) is 85.7 cm³/mol. The van der Waals surface area contributed by atoms with Gasteiger partial charge in [0.15, 0.2) is 0 Å². The van der Waals surface area contributed by atoms with Crippen molar-refractivity contribution in [1.82, 2.24) is 4.90 Å². The molecule has 1 saturated heterocycles. The summed E-state index contributed by atoms with van der Waals surface area (Å²) in [5, 5.41) is 0. The second-order valence-corrected chi connectivity index (χ2v) is 9.60. The monoisotopic (exact) mass is 318 g/mol. The average molecular weight is 318 g/mol. The molecule has 0 aromatic carbocycles. The van der Waals surface area contributed by atoms with Crippen molar-refractivity contribution in [3.63, 3.8) is 0 Å². The predicted octanol–water partition coefficient (Wildman–Crippen LogP) is 1.42. The molecule has 1 aliphatic heterocycles. The van der Waals surface area contributed by atoms with E-state index in [-0.39, 0.29) is 23.5 Å². The zero-order chi connectivity index (χ0) is 16.3. The first-order valence-corrected chi connectivity index (χ1v) is 9.79. The van der Waals surface area contributed by atoms with Gasteiger partial charge in [-0.15, -0.1) is 0 Å². The molecule has 2 N–H and O–H groups in total. The van der Waals surface area contributed by atoms with Crippen molar-refractivity contribution in [2.24, 2.45) is 17.1 Å². The van der Waals surface area contributed by atoms with E-state index in [0.717, 1.165) is 32.4 Å². The smallest absolute Gasteiger partial charge is 0.239 e. The molecule has 1 aliphatic rings. The van der Waals surface area contributed by atoms with Crippen molar-refractivity contribution >= 4 is 15.7 Å². The highest BCUT2D eigenvalue weighted by Crippen LogP contribution is 2.34. The second kappa shape index (κ2) is 7.09. The topological polar surface area (TPSA) is 80.5 Å². The Morgan fingerprint density at radius 2 is 1.90 bits per heavy atom. The number of nitrogens with zero attached hydrogens (tertiary/aromatic N) is 1. The van der Waals surface area contributed by atoms with Gasteiger partial charge in [0.05, 0.1) is 11.8 Å². The Kier molecular flexibility index (Phi) is 6.23. The molecule has 0 radical (unpaired) electrons. The number of amides is 1. The Morgan fingerprint density at radius 1 is 1.29 bits per heavy atom. The van der Waals surface area contributed by atoms with Gasteiger partial charge in [-0.25, -0.2) is 8.42 Å². The Morgan fingerprint density at radius 3 is 2.43 bits per heavy atom. The van der Waals surface area contributed by atoms with Gasteiger partial charge in [-0.1, -0.05) is 20.8 Å². The van der Waals surface area contributed by atoms with E-state index in [4.69, 9.17) is 5.73 Å². The highest BCUT2D eigenvalue weighted by molar-refractivity contribution is 7.90. The first-order chi connectivity index (χ1) is 9.50. The summed E-state index contributed by atoms with van der Waals surface area (Å²) in [5.74, 6) is 0.481. The number of sulfone groups is 1. The Bertz CT molecular complexity index is 454. The summed E-state index contributed by atoms with van der Waals surface area (Å²) >= 11 is 0. The average Bonchev–Trinajstić information content (AvgIpc) is 2.59. The molecule has 1 rings (SSSR count). The summed E-state index contributed by atoms with van der Waals surface area (Å²) in [6, 6.07) is -0.703. The lowest BCUT2D eigenvalue weighted by Gasteiger charge is -2.30. The van der Waals surface area contributed by atoms with E-state index >= 15 is 0 Å². The maximum absolute atomic E-state index is 12.3. The summed E-state index contributed by atoms with van der Waals surface area (Å²) in [4.78, 5) is 14.1. The highest BCUT2D eigenvalue weighted by atomic mass is 32.2. The minimum Gasteiger partial charge on any atom is -0.341 e. The SMILES string of the molecule is CC(C)(C)C1CCCN(C(=O)C(N)CCS(C)(=O)=O)CC1. The van der Waals surface area contributed by atoms with Gasteiger partial charge in [0.2, 0.25) is 5.91 Å². The molecular weight excluding hydrogens is 288 g/mol. The van der Waals surface area contributed by atoms with Gasteiger partial charge in [-0.2, -0.15) is 0 Å². The van der Waals surface area contributed by atoms with Gasteiger partial charge in [-0.3, -0.25) is 4.79 Å². The molecule has 21 heavy (non-hydrogen) atoms. The molecule has 0 saturated carbocycles. The van der Waals surface area contributed by atoms with E-state index < -0.39 is 15.9 Å². The second-order valence-electron chi connectivity index (χ2n) is 7.34. The van der Waals surface area contributed by atoms with Crippen LogP contribution in [0, 0.1) is 11.3 Å². The zero-order valence-corrected chi connectivity index (χ0v) is 14.6. The highest BCUT2D eigenvalue weighted by Gasteiger charge is 2.30. The fourth-order valence-corrected chi connectivity index (χ4v) is 3.56. The van der Waals surface area contributed by atoms with Crippen LogP contribution in [0.25, 0.3) is 0 Å². The van der Waals surface area contributed by atoms with E-state index in [2.05, 4.69) is 20.8 Å². The Hall–Kier alpha value is -0.620. The Labute approximate surface area is 129 Å². The summed E-state index contributed by atoms with van der Waals surface area (Å²) in [6.45, 7) is 8.19. The first kappa shape index (κ1) is 18.4. The number of rotatable bonds is 4. The fourth-order valence-electron chi connectivity index (χ4n) is 2.88. The van der Waals surface area contributed by atoms with Crippen molar-refractivity contribution in [1.29, 1.82) is 0 Å². The molecule has 0 bridgehead atoms. The van der Waals surface area contributed by atoms with E-state index in [1.807, 2.05) is 4.90 Å². The lowest BCUT2D eigenvalue weighted by molar-refractivity contribution is -0.132. The third-order valence-corrected chi connectivity index (χ3v) is 5.36. The van der Waals surface area contributed by atoms with Crippen molar-refractivity contribution < 1.29 is 13.2 Å². The van der Waals surface area contributed by atoms with E-state index in [9.17, 15) is 13.2 Å². The lowest BCUT2D eigenvalue weighted by Crippen LogP contribution is -2.45. The molecule has 0 spiro atoms. The van der Waals surface area contributed by atoms with Crippen LogP contribution in [0.1, 0.15) is 46.5 Å². The summed E-state index contributed by atoms with van der Waals surface area (Å²) in [6.07, 6.45) is 4.49. The number of carbonyl (C=O) groups is 1. The zero-order valence-electron chi connectivity index (χ0n) is 13.8. The standard InChI is InChI=1S/C15H30N2O3S/c1-15(2,3)12-6-5-9-17(10-7-12)14(18)13(16)8-11-21(4,19)20/h12-13H,5-11,16H2,1-4H3. The van der Waals surface area contributed by atoms with Crippen molar-refractivity contribution in [3.05, 3.63) is 0 Å². The van der Waals surface area contributed by atoms with Gasteiger partial charge >= 0.3 is 0 Å². The lowest BCUT2D eigenvalue weighted by atomic mass is 9.77. The maximum atomic E-state index is 12.3. The minimum atomic E-state index is -3.07. The molecule has 0 aromatic rings. The number of likely N-dealkylation sites (tertiary alicyclic amines) is 1. The molecule has 0 aliphatic carbocycles. The van der Waals surface area contributed by atoms with Crippen molar-refractivity contribution in [2.75, 3.05) is 25.1 Å². The summed E-state index contributed by atoms with van der Waals surface area (Å²) in [7, 11) is -3.07. The molecular formula is C15H30N2O3S. The molecule has 2 atom stereocenters. The van der Waals surface area contributed by atoms with Crippen LogP contribution in [0.3, 0.4) is 0 Å². The number of nitrogens with two attached hydrogens (primary N) is 1. The van der Waals surface area contributed by atoms with Crippen LogP contribution in [0.5, 0.6) is 0 Å². The van der Waals surface area contributed by atoms with Gasteiger partial charge in [-0.05, 0) is 37.0 Å². The van der Waals surface area contributed by atoms with Crippen LogP contribution in [-0.4, -0.2) is 50.4 Å². The third kappa shape index (κ3) is 6.34. The van der Waals surface area contributed by atoms with Gasteiger partial charge in [0, 0.05) is 19.3 Å². The molecule has 124 valence electrons. The Balaban J connectivity index is 2.55. The molecule has 1 heterocycles. The minimum absolute atomic E-state index is 0.0294. The van der Waals surface area contributed by atoms with Gasteiger partial charge < -0.3 is 10.6 Å². The first-order valence-electron chi connectivity index (χ1n) is 7.73. The summed E-state index contributed by atoms with van der Waals surface area (Å²) in [5.41, 5.74) is 6.13. The van der Waals surface area contributed by atoms with Crippen LogP contribution in [0.15, 0.2) is 0 Å². The molecule has 6 heteroatoms. The number of carbonyl (C=O) groups excluding carboxylic acids is 1. The largest absolute Gasteiger partial charge is 0.341 e. The molecule has 2 unspecified atom stereocenters. The quantitative estimate of drug-likeness (QED) is 0.850. The number of hydrogen-bond acceptors (Lipinski definition) is 4. The van der Waals surface area contributed by atoms with Crippen LogP contribution in [-0.2, 0) is 14.6 Å². The van der Waals surface area contributed by atoms with E-state index in [0.29, 0.717) is 5.92 Å². The van der Waals surface area contributed by atoms with Crippen molar-refractivity contribution in [3.8, 4) is 0 Å². The number of hydrogen-bond donors (Lipinski definition) is 1. The van der Waals surface area contributed by atoms with Crippen LogP contribution in [0.4, 0.5) is 0 Å². The van der Waals surface area contributed by atoms with Gasteiger partial charge in [0.25, 0.3) is 0 Å².